The van der Waals surface area contributed by atoms with Crippen LogP contribution >= 0.6 is 12.4 Å². The van der Waals surface area contributed by atoms with Gasteiger partial charge in [0.25, 0.3) is 0 Å². The molecule has 0 aliphatic carbocycles. The van der Waals surface area contributed by atoms with Crippen molar-refractivity contribution in [3.05, 3.63) is 0 Å². The smallest absolute Gasteiger partial charge is 0.409 e. The molecule has 0 aromatic carbocycles. The molecule has 0 saturated carbocycles. The van der Waals surface area contributed by atoms with Crippen molar-refractivity contribution in [1.82, 2.24) is 9.80 Å². The zero-order valence-corrected chi connectivity index (χ0v) is 12.6. The second-order valence-electron chi connectivity index (χ2n) is 4.36. The second-order valence-corrected chi connectivity index (χ2v) is 4.36. The molecule has 1 N–H and O–H groups in total. The quantitative estimate of drug-likeness (QED) is 0.561. The number of nitrogens with zero attached hydrogens (tertiary/aromatic N) is 2. The van der Waals surface area contributed by atoms with Gasteiger partial charge in [0, 0.05) is 32.7 Å². The number of carbonyl (C=O) groups is 1. The lowest BCUT2D eigenvalue weighted by Crippen LogP contribution is -2.50. The Morgan fingerprint density at radius 1 is 1.40 bits per heavy atom. The number of hydrogen-bond acceptors (Lipinski definition) is 5. The highest BCUT2D eigenvalue weighted by Crippen LogP contribution is 2.04. The van der Waals surface area contributed by atoms with E-state index in [1.165, 1.54) is 0 Å². The summed E-state index contributed by atoms with van der Waals surface area (Å²) in [6.45, 7) is 5.87. The third-order valence-corrected chi connectivity index (χ3v) is 2.86. The average Bonchev–Trinajstić information content (AvgIpc) is 2.40. The van der Waals surface area contributed by atoms with Crippen LogP contribution in [0.25, 0.3) is 0 Å². The van der Waals surface area contributed by atoms with Gasteiger partial charge in [-0.05, 0) is 6.92 Å². The van der Waals surface area contributed by atoms with Gasteiger partial charge < -0.3 is 19.5 Å². The Labute approximate surface area is 126 Å². The Kier molecular flexibility index (Phi) is 10.2. The number of aliphatic hydroxyl groups is 1. The third-order valence-electron chi connectivity index (χ3n) is 2.86. The van der Waals surface area contributed by atoms with Gasteiger partial charge in [0.1, 0.15) is 6.61 Å². The van der Waals surface area contributed by atoms with E-state index in [4.69, 9.17) is 15.9 Å². The number of aliphatic hydroxyl groups excluding tert-OH is 1. The minimum Gasteiger partial charge on any atom is -0.450 e. The van der Waals surface area contributed by atoms with Gasteiger partial charge in [-0.2, -0.15) is 0 Å². The van der Waals surface area contributed by atoms with Gasteiger partial charge in [-0.25, -0.2) is 4.79 Å². The molecule has 1 unspecified atom stereocenters. The number of halogens is 1. The number of piperazine rings is 1. The van der Waals surface area contributed by atoms with Crippen LogP contribution in [0.5, 0.6) is 0 Å². The fraction of sp³-hybridized carbons (Fsp3) is 0.769. The van der Waals surface area contributed by atoms with Crippen LogP contribution in [-0.2, 0) is 9.47 Å². The molecule has 0 radical (unpaired) electrons. The average molecular weight is 307 g/mol. The zero-order valence-electron chi connectivity index (χ0n) is 11.8. The summed E-state index contributed by atoms with van der Waals surface area (Å²) in [5.74, 6) is 2.35. The fourth-order valence-corrected chi connectivity index (χ4v) is 1.93. The van der Waals surface area contributed by atoms with E-state index in [-0.39, 0.29) is 31.7 Å². The molecule has 116 valence electrons. The lowest BCUT2D eigenvalue weighted by Gasteiger charge is -2.34. The van der Waals surface area contributed by atoms with Crippen LogP contribution in [0.2, 0.25) is 0 Å². The molecule has 0 bridgehead atoms. The van der Waals surface area contributed by atoms with Crippen molar-refractivity contribution in [3.63, 3.8) is 0 Å². The van der Waals surface area contributed by atoms with Crippen LogP contribution in [0.4, 0.5) is 4.79 Å². The van der Waals surface area contributed by atoms with E-state index in [1.807, 2.05) is 0 Å². The summed E-state index contributed by atoms with van der Waals surface area (Å²) in [5.41, 5.74) is 0. The highest BCUT2D eigenvalue weighted by Gasteiger charge is 2.23. The van der Waals surface area contributed by atoms with E-state index in [9.17, 15) is 9.90 Å². The predicted octanol–water partition coefficient (Wildman–Crippen LogP) is 0.193. The number of rotatable bonds is 6. The van der Waals surface area contributed by atoms with E-state index >= 15 is 0 Å². The number of hydrogen-bond donors (Lipinski definition) is 1. The zero-order chi connectivity index (χ0) is 14.1. The van der Waals surface area contributed by atoms with E-state index in [1.54, 1.807) is 11.8 Å². The summed E-state index contributed by atoms with van der Waals surface area (Å²) in [6, 6.07) is 0. The number of amides is 1. The topological polar surface area (TPSA) is 62.2 Å². The summed E-state index contributed by atoms with van der Waals surface area (Å²) in [6.07, 6.45) is 4.23. The van der Waals surface area contributed by atoms with E-state index in [0.717, 1.165) is 13.1 Å². The highest BCUT2D eigenvalue weighted by molar-refractivity contribution is 5.85. The lowest BCUT2D eigenvalue weighted by molar-refractivity contribution is 0.0152. The second kappa shape index (κ2) is 10.7. The molecule has 1 heterocycles. The molecule has 6 nitrogen and oxygen atoms in total. The molecule has 1 atom stereocenters. The maximum absolute atomic E-state index is 11.5. The standard InChI is InChI=1S/C13H22N2O4.ClH/c1-3-9-18-11-12(16)10-14-5-7-15(8-6-14)13(17)19-4-2;/h1,12,16H,4-11H2,2H3;1H. The largest absolute Gasteiger partial charge is 0.450 e. The van der Waals surface area contributed by atoms with Gasteiger partial charge in [0.15, 0.2) is 0 Å². The van der Waals surface area contributed by atoms with Gasteiger partial charge in [0.2, 0.25) is 0 Å². The van der Waals surface area contributed by atoms with Crippen molar-refractivity contribution < 1.29 is 19.4 Å². The van der Waals surface area contributed by atoms with Crippen LogP contribution < -0.4 is 0 Å². The van der Waals surface area contributed by atoms with Gasteiger partial charge in [-0.3, -0.25) is 4.90 Å². The molecule has 0 aromatic heterocycles. The van der Waals surface area contributed by atoms with E-state index in [0.29, 0.717) is 26.2 Å². The first kappa shape index (κ1) is 19.0. The summed E-state index contributed by atoms with van der Waals surface area (Å²) in [4.78, 5) is 15.3. The minimum absolute atomic E-state index is 0. The van der Waals surface area contributed by atoms with Crippen molar-refractivity contribution in [1.29, 1.82) is 0 Å². The maximum Gasteiger partial charge on any atom is 0.409 e. The highest BCUT2D eigenvalue weighted by atomic mass is 35.5. The van der Waals surface area contributed by atoms with Crippen molar-refractivity contribution in [2.45, 2.75) is 13.0 Å². The van der Waals surface area contributed by atoms with Gasteiger partial charge in [-0.1, -0.05) is 5.92 Å². The summed E-state index contributed by atoms with van der Waals surface area (Å²) >= 11 is 0. The van der Waals surface area contributed by atoms with Crippen LogP contribution in [0, 0.1) is 12.3 Å². The first-order chi connectivity index (χ1) is 9.17. The predicted molar refractivity (Wildman–Crippen MR) is 77.9 cm³/mol. The molecule has 1 amide bonds. The Balaban J connectivity index is 0.00000361. The molecule has 0 spiro atoms. The molecule has 1 rings (SSSR count). The van der Waals surface area contributed by atoms with Crippen LogP contribution in [-0.4, -0.2) is 79.6 Å². The normalized spacial score (nSPS) is 16.9. The summed E-state index contributed by atoms with van der Waals surface area (Å²) in [7, 11) is 0. The maximum atomic E-state index is 11.5. The van der Waals surface area contributed by atoms with Crippen molar-refractivity contribution in [2.75, 3.05) is 52.5 Å². The Morgan fingerprint density at radius 3 is 2.60 bits per heavy atom. The number of β-amino-alcohol motifs (C(OH)–C–C–N with tert-alkyl or cyclic N) is 1. The summed E-state index contributed by atoms with van der Waals surface area (Å²) < 4.78 is 10.0. The lowest BCUT2D eigenvalue weighted by atomic mass is 10.3. The number of ether oxygens (including phenoxy) is 2. The molecule has 1 aliphatic heterocycles. The Hall–Kier alpha value is -1.00. The Bertz CT molecular complexity index is 314. The minimum atomic E-state index is -0.553. The van der Waals surface area contributed by atoms with E-state index < -0.39 is 6.10 Å². The molecule has 1 saturated heterocycles. The number of carbonyl (C=O) groups excluding carboxylic acids is 1. The molecular weight excluding hydrogens is 284 g/mol. The molecule has 7 heteroatoms. The van der Waals surface area contributed by atoms with Gasteiger partial charge in [-0.15, -0.1) is 18.8 Å². The summed E-state index contributed by atoms with van der Waals surface area (Å²) in [5, 5.41) is 9.75. The van der Waals surface area contributed by atoms with Gasteiger partial charge >= 0.3 is 6.09 Å². The third kappa shape index (κ3) is 6.96. The fourth-order valence-electron chi connectivity index (χ4n) is 1.93. The molecule has 20 heavy (non-hydrogen) atoms. The first-order valence-corrected chi connectivity index (χ1v) is 6.50. The van der Waals surface area contributed by atoms with Crippen molar-refractivity contribution in [2.24, 2.45) is 0 Å². The van der Waals surface area contributed by atoms with E-state index in [2.05, 4.69) is 10.8 Å². The number of terminal acetylenes is 1. The molecule has 1 aliphatic rings. The Morgan fingerprint density at radius 2 is 2.05 bits per heavy atom. The van der Waals surface area contributed by atoms with Gasteiger partial charge in [0.05, 0.1) is 19.3 Å². The van der Waals surface area contributed by atoms with Crippen molar-refractivity contribution >= 4 is 18.5 Å². The molecule has 1 fully saturated rings. The monoisotopic (exact) mass is 306 g/mol. The van der Waals surface area contributed by atoms with Crippen molar-refractivity contribution in [3.8, 4) is 12.3 Å². The molecule has 0 aromatic rings. The van der Waals surface area contributed by atoms with Crippen LogP contribution in [0.15, 0.2) is 0 Å². The SMILES string of the molecule is C#CCOCC(O)CN1CCN(C(=O)OCC)CC1.Cl. The molecular formula is C13H23ClN2O4. The van der Waals surface area contributed by atoms with Crippen LogP contribution in [0.1, 0.15) is 6.92 Å². The first-order valence-electron chi connectivity index (χ1n) is 6.50. The van der Waals surface area contributed by atoms with Crippen LogP contribution in [0.3, 0.4) is 0 Å².